The SMILES string of the molecule is CC(=O)N1C[C@@H](C)N(C(C)C2(C(N)=O)CCCCN2c2nc3ccccc3o2)[C@@H](C)C1. The van der Waals surface area contributed by atoms with Gasteiger partial charge in [-0.05, 0) is 52.2 Å². The molecule has 2 aromatic rings. The van der Waals surface area contributed by atoms with Crippen molar-refractivity contribution < 1.29 is 14.0 Å². The monoisotopic (exact) mass is 427 g/mol. The van der Waals surface area contributed by atoms with E-state index < -0.39 is 5.54 Å². The molecule has 2 aliphatic rings. The van der Waals surface area contributed by atoms with Gasteiger partial charge in [-0.1, -0.05) is 12.1 Å². The van der Waals surface area contributed by atoms with Crippen LogP contribution in [0.1, 0.15) is 47.0 Å². The van der Waals surface area contributed by atoms with Gasteiger partial charge < -0.3 is 20.0 Å². The predicted octanol–water partition coefficient (Wildman–Crippen LogP) is 2.37. The summed E-state index contributed by atoms with van der Waals surface area (Å²) in [6.07, 6.45) is 2.51. The lowest BCUT2D eigenvalue weighted by atomic mass is 9.78. The normalized spacial score (nSPS) is 28.6. The lowest BCUT2D eigenvalue weighted by Crippen LogP contribution is -2.73. The summed E-state index contributed by atoms with van der Waals surface area (Å²) in [6.45, 7) is 9.87. The zero-order chi connectivity index (χ0) is 22.3. The molecule has 2 fully saturated rings. The Labute approximate surface area is 183 Å². The number of primary amides is 1. The van der Waals surface area contributed by atoms with E-state index in [4.69, 9.17) is 15.1 Å². The van der Waals surface area contributed by atoms with E-state index in [9.17, 15) is 9.59 Å². The van der Waals surface area contributed by atoms with Crippen molar-refractivity contribution in [2.75, 3.05) is 24.5 Å². The van der Waals surface area contributed by atoms with Crippen LogP contribution >= 0.6 is 0 Å². The molecule has 31 heavy (non-hydrogen) atoms. The van der Waals surface area contributed by atoms with Crippen molar-refractivity contribution in [1.29, 1.82) is 0 Å². The van der Waals surface area contributed by atoms with Gasteiger partial charge in [0.15, 0.2) is 5.58 Å². The quantitative estimate of drug-likeness (QED) is 0.805. The van der Waals surface area contributed by atoms with Gasteiger partial charge in [-0.15, -0.1) is 0 Å². The molecule has 0 aliphatic carbocycles. The number of amides is 2. The van der Waals surface area contributed by atoms with Gasteiger partial charge in [0.2, 0.25) is 11.8 Å². The fourth-order valence-electron chi connectivity index (χ4n) is 5.74. The highest BCUT2D eigenvalue weighted by Crippen LogP contribution is 2.40. The molecule has 0 bridgehead atoms. The minimum atomic E-state index is -0.931. The largest absolute Gasteiger partial charge is 0.423 e. The molecule has 1 aromatic heterocycles. The number of carbonyl (C=O) groups excluding carboxylic acids is 2. The van der Waals surface area contributed by atoms with Crippen LogP contribution in [0.25, 0.3) is 11.1 Å². The molecule has 2 aliphatic heterocycles. The first kappa shape index (κ1) is 21.6. The van der Waals surface area contributed by atoms with Crippen LogP contribution in [0.15, 0.2) is 28.7 Å². The van der Waals surface area contributed by atoms with Crippen LogP contribution in [0.3, 0.4) is 0 Å². The summed E-state index contributed by atoms with van der Waals surface area (Å²) >= 11 is 0. The van der Waals surface area contributed by atoms with Gasteiger partial charge in [0.1, 0.15) is 11.1 Å². The molecule has 0 saturated carbocycles. The maximum atomic E-state index is 13.2. The maximum Gasteiger partial charge on any atom is 0.299 e. The summed E-state index contributed by atoms with van der Waals surface area (Å²) in [4.78, 5) is 36.1. The third-order valence-electron chi connectivity index (χ3n) is 7.18. The molecule has 1 aromatic carbocycles. The molecule has 2 N–H and O–H groups in total. The molecule has 3 heterocycles. The first-order valence-corrected chi connectivity index (χ1v) is 11.2. The Morgan fingerprint density at radius 1 is 1.19 bits per heavy atom. The average Bonchev–Trinajstić information content (AvgIpc) is 3.16. The van der Waals surface area contributed by atoms with Crippen LogP contribution in [0.4, 0.5) is 6.01 Å². The fraction of sp³-hybridized carbons (Fsp3) is 0.609. The number of benzene rings is 1. The maximum absolute atomic E-state index is 13.2. The standard InChI is InChI=1S/C23H33N5O3/c1-15-13-26(18(4)29)14-16(2)28(15)17(3)23(21(24)30)11-7-8-12-27(23)22-25-19-9-5-6-10-20(19)31-22/h5-6,9-10,15-17H,7-8,11-14H2,1-4H3,(H2,24,30)/t15-,16+,17?,23?. The molecule has 8 heteroatoms. The fourth-order valence-corrected chi connectivity index (χ4v) is 5.74. The molecule has 4 atom stereocenters. The Morgan fingerprint density at radius 3 is 2.48 bits per heavy atom. The lowest BCUT2D eigenvalue weighted by molar-refractivity contribution is -0.137. The summed E-state index contributed by atoms with van der Waals surface area (Å²) in [7, 11) is 0. The van der Waals surface area contributed by atoms with E-state index in [1.54, 1.807) is 6.92 Å². The van der Waals surface area contributed by atoms with Crippen LogP contribution in [-0.4, -0.2) is 69.9 Å². The number of para-hydroxylation sites is 2. The summed E-state index contributed by atoms with van der Waals surface area (Å²) in [5.74, 6) is -0.267. The molecule has 0 radical (unpaired) electrons. The number of nitrogens with zero attached hydrogens (tertiary/aromatic N) is 4. The van der Waals surface area contributed by atoms with Crippen LogP contribution < -0.4 is 10.6 Å². The molecular formula is C23H33N5O3. The number of piperazine rings is 1. The number of carbonyl (C=O) groups is 2. The third-order valence-corrected chi connectivity index (χ3v) is 7.18. The van der Waals surface area contributed by atoms with Gasteiger partial charge in [-0.25, -0.2) is 0 Å². The zero-order valence-electron chi connectivity index (χ0n) is 18.9. The van der Waals surface area contributed by atoms with E-state index in [2.05, 4.69) is 25.7 Å². The number of aromatic nitrogens is 1. The van der Waals surface area contributed by atoms with E-state index in [0.29, 0.717) is 37.7 Å². The molecule has 0 spiro atoms. The first-order valence-electron chi connectivity index (χ1n) is 11.2. The Morgan fingerprint density at radius 2 is 1.87 bits per heavy atom. The minimum Gasteiger partial charge on any atom is -0.423 e. The summed E-state index contributed by atoms with van der Waals surface area (Å²) in [5.41, 5.74) is 6.70. The smallest absolute Gasteiger partial charge is 0.299 e. The van der Waals surface area contributed by atoms with Gasteiger partial charge in [0.05, 0.1) is 0 Å². The van der Waals surface area contributed by atoms with E-state index in [1.165, 1.54) is 0 Å². The van der Waals surface area contributed by atoms with Crippen molar-refractivity contribution in [2.45, 2.75) is 70.6 Å². The van der Waals surface area contributed by atoms with Crippen molar-refractivity contribution >= 4 is 28.9 Å². The topological polar surface area (TPSA) is 95.9 Å². The molecule has 2 amide bonds. The van der Waals surface area contributed by atoms with Crippen molar-refractivity contribution in [1.82, 2.24) is 14.8 Å². The number of oxazole rings is 1. The van der Waals surface area contributed by atoms with E-state index in [0.717, 1.165) is 18.4 Å². The van der Waals surface area contributed by atoms with Gasteiger partial charge in [-0.3, -0.25) is 14.5 Å². The first-order chi connectivity index (χ1) is 14.8. The van der Waals surface area contributed by atoms with Gasteiger partial charge in [-0.2, -0.15) is 4.98 Å². The van der Waals surface area contributed by atoms with Crippen LogP contribution in [0, 0.1) is 0 Å². The second-order valence-corrected chi connectivity index (χ2v) is 9.11. The van der Waals surface area contributed by atoms with Crippen LogP contribution in [-0.2, 0) is 9.59 Å². The van der Waals surface area contributed by atoms with Crippen molar-refractivity contribution in [3.63, 3.8) is 0 Å². The predicted molar refractivity (Wildman–Crippen MR) is 120 cm³/mol. The van der Waals surface area contributed by atoms with E-state index >= 15 is 0 Å². The molecular weight excluding hydrogens is 394 g/mol. The highest BCUT2D eigenvalue weighted by atomic mass is 16.4. The number of anilines is 1. The van der Waals surface area contributed by atoms with Crippen molar-refractivity contribution in [3.8, 4) is 0 Å². The average molecular weight is 428 g/mol. The van der Waals surface area contributed by atoms with Gasteiger partial charge >= 0.3 is 0 Å². The Bertz CT molecular complexity index is 930. The van der Waals surface area contributed by atoms with E-state index in [-0.39, 0.29) is 29.9 Å². The Balaban J connectivity index is 1.73. The Hall–Kier alpha value is -2.61. The third kappa shape index (κ3) is 3.56. The number of hydrogen-bond acceptors (Lipinski definition) is 6. The molecule has 168 valence electrons. The second-order valence-electron chi connectivity index (χ2n) is 9.11. The summed E-state index contributed by atoms with van der Waals surface area (Å²) in [5, 5.41) is 0. The molecule has 8 nitrogen and oxygen atoms in total. The molecule has 2 saturated heterocycles. The number of hydrogen-bond donors (Lipinski definition) is 1. The van der Waals surface area contributed by atoms with Gasteiger partial charge in [0.25, 0.3) is 6.01 Å². The van der Waals surface area contributed by atoms with Crippen molar-refractivity contribution in [2.24, 2.45) is 5.73 Å². The van der Waals surface area contributed by atoms with Gasteiger partial charge in [0, 0.05) is 44.7 Å². The lowest BCUT2D eigenvalue weighted by Gasteiger charge is -2.55. The molecule has 2 unspecified atom stereocenters. The highest BCUT2D eigenvalue weighted by Gasteiger charge is 2.54. The number of nitrogens with two attached hydrogens (primary N) is 1. The van der Waals surface area contributed by atoms with E-state index in [1.807, 2.05) is 34.1 Å². The number of piperidine rings is 1. The number of fused-ring (bicyclic) bond motifs is 1. The minimum absolute atomic E-state index is 0.0846. The molecule has 4 rings (SSSR count). The summed E-state index contributed by atoms with van der Waals surface area (Å²) < 4.78 is 6.09. The number of rotatable bonds is 4. The highest BCUT2D eigenvalue weighted by molar-refractivity contribution is 5.90. The van der Waals surface area contributed by atoms with Crippen LogP contribution in [0.2, 0.25) is 0 Å². The Kier molecular flexibility index (Phi) is 5.68. The second kappa shape index (κ2) is 8.15. The zero-order valence-corrected chi connectivity index (χ0v) is 18.9. The van der Waals surface area contributed by atoms with Crippen molar-refractivity contribution in [3.05, 3.63) is 24.3 Å². The van der Waals surface area contributed by atoms with Crippen LogP contribution in [0.5, 0.6) is 0 Å². The summed E-state index contributed by atoms with van der Waals surface area (Å²) in [6, 6.07) is 8.12.